The van der Waals surface area contributed by atoms with Crippen molar-refractivity contribution in [3.8, 4) is 0 Å². The van der Waals surface area contributed by atoms with Gasteiger partial charge in [0, 0.05) is 7.05 Å². The Hall–Kier alpha value is -2.52. The first-order valence-corrected chi connectivity index (χ1v) is 14.7. The number of carboxylic acids is 1. The van der Waals surface area contributed by atoms with Crippen molar-refractivity contribution in [3.63, 3.8) is 0 Å². The zero-order valence-electron chi connectivity index (χ0n) is 23.1. The Morgan fingerprint density at radius 1 is 0.895 bits per heavy atom. The molecule has 214 valence electrons. The Labute approximate surface area is 231 Å². The van der Waals surface area contributed by atoms with Crippen LogP contribution in [-0.4, -0.2) is 48.2 Å². The molecule has 1 aromatic heterocycles. The van der Waals surface area contributed by atoms with Gasteiger partial charge in [0.2, 0.25) is 0 Å². The van der Waals surface area contributed by atoms with Gasteiger partial charge in [-0.2, -0.15) is 0 Å². The Bertz CT molecular complexity index is 945. The van der Waals surface area contributed by atoms with Crippen LogP contribution in [0.4, 0.5) is 4.79 Å². The highest BCUT2D eigenvalue weighted by atomic mass is 32.2. The fraction of sp³-hybridized carbons (Fsp3) is 0.621. The van der Waals surface area contributed by atoms with E-state index in [0.717, 1.165) is 24.8 Å². The molecule has 4 N–H and O–H groups in total. The van der Waals surface area contributed by atoms with Gasteiger partial charge in [-0.3, -0.25) is 0 Å². The van der Waals surface area contributed by atoms with Crippen molar-refractivity contribution in [2.75, 3.05) is 0 Å². The van der Waals surface area contributed by atoms with E-state index in [2.05, 4.69) is 37.0 Å². The molecular formula is C29H46N2O6S. The minimum absolute atomic E-state index is 0.157. The maximum Gasteiger partial charge on any atom is 0.503 e. The standard InChI is InChI=1S/C28H44N2O3S.CH2O3/c1-4-6-7-8-9-10-11-12-13-14-18-22-19-15-16-20-23(22)26(25(31)17-5-2)34-28-29-21-24(27(32)33)30(28)3;2-1(3)4/h15-16,19-21,25-26,31H,4-14,17-18H2,1-3H3,(H,32,33);(H2,2,3,4). The first-order chi connectivity index (χ1) is 18.2. The number of aryl methyl sites for hydroxylation is 1. The van der Waals surface area contributed by atoms with Crippen molar-refractivity contribution in [2.24, 2.45) is 7.05 Å². The van der Waals surface area contributed by atoms with Crippen molar-refractivity contribution in [1.29, 1.82) is 0 Å². The summed E-state index contributed by atoms with van der Waals surface area (Å²) in [6.07, 6.45) is 14.8. The molecule has 0 saturated heterocycles. The molecule has 2 rings (SSSR count). The van der Waals surface area contributed by atoms with Crippen LogP contribution in [0.25, 0.3) is 0 Å². The second-order valence-electron chi connectivity index (χ2n) is 9.60. The van der Waals surface area contributed by atoms with Gasteiger partial charge in [0.25, 0.3) is 0 Å². The molecule has 0 saturated carbocycles. The second kappa shape index (κ2) is 19.5. The number of benzene rings is 1. The van der Waals surface area contributed by atoms with E-state index in [-0.39, 0.29) is 10.9 Å². The number of carboxylic acid groups (broad SMARTS) is 3. The van der Waals surface area contributed by atoms with Crippen LogP contribution < -0.4 is 0 Å². The molecule has 2 unspecified atom stereocenters. The SMILES string of the molecule is CCCCCCCCCCCCc1ccccc1C(Sc1ncc(C(=O)O)n1C)C(O)CCC.O=C(O)O. The number of aromatic nitrogens is 2. The summed E-state index contributed by atoms with van der Waals surface area (Å²) >= 11 is 1.47. The molecule has 0 fully saturated rings. The third-order valence-electron chi connectivity index (χ3n) is 6.49. The topological polar surface area (TPSA) is 133 Å². The van der Waals surface area contributed by atoms with Gasteiger partial charge in [-0.25, -0.2) is 14.6 Å². The third-order valence-corrected chi connectivity index (χ3v) is 7.90. The first kappa shape index (κ1) is 33.5. The largest absolute Gasteiger partial charge is 0.503 e. The number of aliphatic hydroxyl groups is 1. The van der Waals surface area contributed by atoms with E-state index in [4.69, 9.17) is 15.0 Å². The quantitative estimate of drug-likeness (QED) is 0.109. The lowest BCUT2D eigenvalue weighted by atomic mass is 9.95. The summed E-state index contributed by atoms with van der Waals surface area (Å²) in [7, 11) is 1.72. The van der Waals surface area contributed by atoms with Crippen LogP contribution in [0.15, 0.2) is 35.6 Å². The molecule has 9 heteroatoms. The Balaban J connectivity index is 0.00000168. The van der Waals surface area contributed by atoms with Crippen molar-refractivity contribution >= 4 is 23.9 Å². The Morgan fingerprint density at radius 3 is 1.97 bits per heavy atom. The number of aromatic carboxylic acids is 1. The van der Waals surface area contributed by atoms with E-state index >= 15 is 0 Å². The summed E-state index contributed by atoms with van der Waals surface area (Å²) in [5, 5.41) is 34.8. The summed E-state index contributed by atoms with van der Waals surface area (Å²) in [4.78, 5) is 24.3. The minimum atomic E-state index is -1.83. The lowest BCUT2D eigenvalue weighted by Crippen LogP contribution is -2.18. The maximum absolute atomic E-state index is 11.4. The number of aliphatic hydroxyl groups excluding tert-OH is 1. The molecule has 1 heterocycles. The van der Waals surface area contributed by atoms with Crippen LogP contribution in [-0.2, 0) is 13.5 Å². The number of rotatable bonds is 18. The highest BCUT2D eigenvalue weighted by Crippen LogP contribution is 2.40. The fourth-order valence-corrected chi connectivity index (χ4v) is 5.70. The molecule has 2 atom stereocenters. The monoisotopic (exact) mass is 550 g/mol. The maximum atomic E-state index is 11.4. The number of thioether (sulfide) groups is 1. The lowest BCUT2D eigenvalue weighted by Gasteiger charge is -2.25. The smallest absolute Gasteiger partial charge is 0.477 e. The molecule has 0 aliphatic rings. The van der Waals surface area contributed by atoms with Gasteiger partial charge in [0.05, 0.1) is 17.6 Å². The summed E-state index contributed by atoms with van der Waals surface area (Å²) < 4.78 is 1.60. The predicted molar refractivity (Wildman–Crippen MR) is 152 cm³/mol. The van der Waals surface area contributed by atoms with Crippen LogP contribution >= 0.6 is 11.8 Å². The summed E-state index contributed by atoms with van der Waals surface area (Å²) in [6.45, 7) is 4.33. The van der Waals surface area contributed by atoms with Gasteiger partial charge in [0.15, 0.2) is 5.16 Å². The predicted octanol–water partition coefficient (Wildman–Crippen LogP) is 7.80. The van der Waals surface area contributed by atoms with E-state index in [9.17, 15) is 15.0 Å². The van der Waals surface area contributed by atoms with Gasteiger partial charge in [-0.1, -0.05) is 114 Å². The van der Waals surface area contributed by atoms with Crippen molar-refractivity contribution < 1.29 is 30.0 Å². The molecule has 2 aromatic rings. The number of carbonyl (C=O) groups is 2. The number of hydrogen-bond acceptors (Lipinski definition) is 5. The van der Waals surface area contributed by atoms with Crippen LogP contribution in [0.2, 0.25) is 0 Å². The molecular weight excluding hydrogens is 504 g/mol. The highest BCUT2D eigenvalue weighted by molar-refractivity contribution is 7.99. The summed E-state index contributed by atoms with van der Waals surface area (Å²) in [6, 6.07) is 8.40. The van der Waals surface area contributed by atoms with Crippen LogP contribution in [0.3, 0.4) is 0 Å². The minimum Gasteiger partial charge on any atom is -0.477 e. The normalized spacial score (nSPS) is 12.4. The molecule has 0 spiro atoms. The summed E-state index contributed by atoms with van der Waals surface area (Å²) in [5.74, 6) is -0.992. The van der Waals surface area contributed by atoms with Gasteiger partial charge in [0.1, 0.15) is 5.69 Å². The Kier molecular flexibility index (Phi) is 17.2. The average molecular weight is 551 g/mol. The third kappa shape index (κ3) is 12.8. The zero-order chi connectivity index (χ0) is 28.3. The first-order valence-electron chi connectivity index (χ1n) is 13.8. The van der Waals surface area contributed by atoms with Crippen LogP contribution in [0, 0.1) is 0 Å². The number of imidazole rings is 1. The van der Waals surface area contributed by atoms with Crippen molar-refractivity contribution in [3.05, 3.63) is 47.3 Å². The van der Waals surface area contributed by atoms with Crippen LogP contribution in [0.1, 0.15) is 118 Å². The zero-order valence-corrected chi connectivity index (χ0v) is 24.0. The van der Waals surface area contributed by atoms with Gasteiger partial charge in [-0.15, -0.1) is 0 Å². The second-order valence-corrected chi connectivity index (χ2v) is 10.7. The van der Waals surface area contributed by atoms with Crippen molar-refractivity contribution in [1.82, 2.24) is 9.55 Å². The van der Waals surface area contributed by atoms with E-state index in [1.165, 1.54) is 81.3 Å². The molecule has 0 bridgehead atoms. The lowest BCUT2D eigenvalue weighted by molar-refractivity contribution is 0.0685. The molecule has 0 radical (unpaired) electrons. The van der Waals surface area contributed by atoms with E-state index < -0.39 is 18.2 Å². The number of unbranched alkanes of at least 4 members (excludes halogenated alkanes) is 9. The molecule has 1 aromatic carbocycles. The molecule has 0 amide bonds. The van der Waals surface area contributed by atoms with Crippen molar-refractivity contribution in [2.45, 2.75) is 114 Å². The molecule has 8 nitrogen and oxygen atoms in total. The van der Waals surface area contributed by atoms with Gasteiger partial charge < -0.3 is 25.0 Å². The number of nitrogens with zero attached hydrogens (tertiary/aromatic N) is 2. The van der Waals surface area contributed by atoms with Crippen LogP contribution in [0.5, 0.6) is 0 Å². The number of hydrogen-bond donors (Lipinski definition) is 4. The van der Waals surface area contributed by atoms with E-state index in [1.54, 1.807) is 11.6 Å². The molecule has 0 aliphatic carbocycles. The van der Waals surface area contributed by atoms with Gasteiger partial charge >= 0.3 is 12.1 Å². The van der Waals surface area contributed by atoms with Gasteiger partial charge in [-0.05, 0) is 30.4 Å². The van der Waals surface area contributed by atoms with E-state index in [0.29, 0.717) is 11.6 Å². The fourth-order valence-electron chi connectivity index (χ4n) is 4.45. The summed E-state index contributed by atoms with van der Waals surface area (Å²) in [5.41, 5.74) is 2.58. The average Bonchev–Trinajstić information content (AvgIpc) is 3.24. The van der Waals surface area contributed by atoms with E-state index in [1.807, 2.05) is 6.07 Å². The Morgan fingerprint density at radius 2 is 1.45 bits per heavy atom. The molecule has 0 aliphatic heterocycles. The molecule has 38 heavy (non-hydrogen) atoms. The highest BCUT2D eigenvalue weighted by Gasteiger charge is 2.26.